The molecule has 174 valence electrons. The number of carbonyl (C=O) groups is 1. The highest BCUT2D eigenvalue weighted by molar-refractivity contribution is 6.19. The van der Waals surface area contributed by atoms with E-state index in [1.54, 1.807) is 18.2 Å². The highest BCUT2D eigenvalue weighted by atomic mass is 16.6. The summed E-state index contributed by atoms with van der Waals surface area (Å²) in [7, 11) is 1.83. The molecule has 0 unspecified atom stereocenters. The highest BCUT2D eigenvalue weighted by Crippen LogP contribution is 2.33. The molecule has 0 atom stereocenters. The molecule has 1 N–H and O–H groups in total. The number of ether oxygens (including phenoxy) is 2. The molecule has 0 fully saturated rings. The average Bonchev–Trinajstić information content (AvgIpc) is 3.18. The molecule has 0 saturated carbocycles. The second-order valence-corrected chi connectivity index (χ2v) is 8.51. The zero-order valence-corrected chi connectivity index (χ0v) is 19.2. The standard InChI is InChI=1S/C27H22N4O4/c1-16-7-10-18(11-8-16)31-27(33)25-23(19-5-3-4-6-20(19)30(25)2)24(29-31)26(32)28-17-9-12-21-22(15-17)35-14-13-34-21/h3-12,15H,13-14H2,1-2H3,(H,28,32). The van der Waals surface area contributed by atoms with Gasteiger partial charge in [0.1, 0.15) is 18.7 Å². The van der Waals surface area contributed by atoms with E-state index in [1.165, 1.54) is 4.68 Å². The molecule has 0 bridgehead atoms. The molecular formula is C27H22N4O4. The van der Waals surface area contributed by atoms with Gasteiger partial charge < -0.3 is 19.4 Å². The van der Waals surface area contributed by atoms with E-state index in [1.807, 2.05) is 67.1 Å². The lowest BCUT2D eigenvalue weighted by Gasteiger charge is -2.19. The van der Waals surface area contributed by atoms with Gasteiger partial charge in [-0.05, 0) is 37.3 Å². The molecule has 8 heteroatoms. The van der Waals surface area contributed by atoms with Crippen LogP contribution >= 0.6 is 0 Å². The molecule has 8 nitrogen and oxygen atoms in total. The van der Waals surface area contributed by atoms with Crippen molar-refractivity contribution in [3.63, 3.8) is 0 Å². The first-order chi connectivity index (χ1) is 17.0. The van der Waals surface area contributed by atoms with Crippen LogP contribution in [0.25, 0.3) is 27.5 Å². The van der Waals surface area contributed by atoms with Gasteiger partial charge in [-0.3, -0.25) is 9.59 Å². The van der Waals surface area contributed by atoms with Crippen LogP contribution in [0.5, 0.6) is 11.5 Å². The molecule has 5 aromatic rings. The molecule has 1 aliphatic heterocycles. The van der Waals surface area contributed by atoms with Crippen LogP contribution in [0, 0.1) is 6.92 Å². The largest absolute Gasteiger partial charge is 0.486 e. The topological polar surface area (TPSA) is 87.4 Å². The predicted molar refractivity (Wildman–Crippen MR) is 134 cm³/mol. The van der Waals surface area contributed by atoms with Crippen molar-refractivity contribution in [3.05, 3.63) is 88.3 Å². The maximum atomic E-state index is 13.6. The molecular weight excluding hydrogens is 444 g/mol. The molecule has 0 saturated heterocycles. The number of para-hydroxylation sites is 1. The maximum absolute atomic E-state index is 13.6. The molecule has 0 aliphatic carbocycles. The third kappa shape index (κ3) is 3.42. The quantitative estimate of drug-likeness (QED) is 0.430. The lowest BCUT2D eigenvalue weighted by atomic mass is 10.1. The monoisotopic (exact) mass is 466 g/mol. The van der Waals surface area contributed by atoms with Crippen molar-refractivity contribution in [1.29, 1.82) is 0 Å². The minimum Gasteiger partial charge on any atom is -0.486 e. The smallest absolute Gasteiger partial charge is 0.296 e. The minimum absolute atomic E-state index is 0.159. The van der Waals surface area contributed by atoms with Gasteiger partial charge in [-0.15, -0.1) is 0 Å². The summed E-state index contributed by atoms with van der Waals surface area (Å²) < 4.78 is 14.3. The maximum Gasteiger partial charge on any atom is 0.296 e. The van der Waals surface area contributed by atoms with Crippen molar-refractivity contribution in [2.45, 2.75) is 6.92 Å². The molecule has 2 aromatic heterocycles. The van der Waals surface area contributed by atoms with Gasteiger partial charge in [-0.1, -0.05) is 35.9 Å². The number of aryl methyl sites for hydroxylation is 2. The van der Waals surface area contributed by atoms with Gasteiger partial charge in [0.2, 0.25) is 0 Å². The van der Waals surface area contributed by atoms with E-state index >= 15 is 0 Å². The zero-order chi connectivity index (χ0) is 24.1. The summed E-state index contributed by atoms with van der Waals surface area (Å²) in [6.07, 6.45) is 0. The van der Waals surface area contributed by atoms with Crippen molar-refractivity contribution in [1.82, 2.24) is 14.3 Å². The molecule has 35 heavy (non-hydrogen) atoms. The highest BCUT2D eigenvalue weighted by Gasteiger charge is 2.24. The minimum atomic E-state index is -0.427. The lowest BCUT2D eigenvalue weighted by Crippen LogP contribution is -2.27. The number of amides is 1. The van der Waals surface area contributed by atoms with Gasteiger partial charge in [0, 0.05) is 35.1 Å². The van der Waals surface area contributed by atoms with Crippen molar-refractivity contribution in [2.75, 3.05) is 18.5 Å². The van der Waals surface area contributed by atoms with Gasteiger partial charge in [0.15, 0.2) is 17.2 Å². The first-order valence-electron chi connectivity index (χ1n) is 11.3. The van der Waals surface area contributed by atoms with Crippen LogP contribution in [0.3, 0.4) is 0 Å². The van der Waals surface area contributed by atoms with Crippen LogP contribution in [0.2, 0.25) is 0 Å². The second-order valence-electron chi connectivity index (χ2n) is 8.51. The van der Waals surface area contributed by atoms with Crippen LogP contribution in [-0.4, -0.2) is 33.5 Å². The summed E-state index contributed by atoms with van der Waals surface area (Å²) in [4.78, 5) is 27.2. The Balaban J connectivity index is 1.55. The third-order valence-electron chi connectivity index (χ3n) is 6.23. The van der Waals surface area contributed by atoms with Crippen molar-refractivity contribution >= 4 is 33.4 Å². The normalized spacial score (nSPS) is 12.7. The first-order valence-corrected chi connectivity index (χ1v) is 11.3. The molecule has 1 aliphatic rings. The average molecular weight is 466 g/mol. The Hall–Kier alpha value is -4.59. The van der Waals surface area contributed by atoms with E-state index in [0.29, 0.717) is 47.0 Å². The van der Waals surface area contributed by atoms with E-state index in [9.17, 15) is 9.59 Å². The Morgan fingerprint density at radius 2 is 1.71 bits per heavy atom. The Kier molecular flexibility index (Phi) is 4.81. The van der Waals surface area contributed by atoms with Crippen molar-refractivity contribution in [3.8, 4) is 17.2 Å². The van der Waals surface area contributed by atoms with E-state index in [0.717, 1.165) is 16.5 Å². The van der Waals surface area contributed by atoms with Crippen LogP contribution in [0.15, 0.2) is 71.5 Å². The number of benzene rings is 3. The van der Waals surface area contributed by atoms with Gasteiger partial charge in [0.25, 0.3) is 11.5 Å². The predicted octanol–water partition coefficient (Wildman–Crippen LogP) is 4.21. The van der Waals surface area contributed by atoms with Crippen LogP contribution < -0.4 is 20.3 Å². The summed E-state index contributed by atoms with van der Waals surface area (Å²) in [5.41, 5.74) is 3.31. The Labute approximate surface area is 200 Å². The Bertz CT molecular complexity index is 1680. The Morgan fingerprint density at radius 1 is 0.971 bits per heavy atom. The van der Waals surface area contributed by atoms with Crippen LogP contribution in [0.1, 0.15) is 16.1 Å². The summed E-state index contributed by atoms with van der Waals surface area (Å²) in [6, 6.07) is 20.3. The molecule has 6 rings (SSSR count). The number of hydrogen-bond acceptors (Lipinski definition) is 5. The van der Waals surface area contributed by atoms with Gasteiger partial charge in [-0.2, -0.15) is 9.78 Å². The molecule has 0 spiro atoms. The van der Waals surface area contributed by atoms with Gasteiger partial charge >= 0.3 is 0 Å². The SMILES string of the molecule is Cc1ccc(-n2nc(C(=O)Nc3ccc4c(c3)OCCO4)c3c4ccccc4n(C)c3c2=O)cc1. The number of hydrogen-bond donors (Lipinski definition) is 1. The molecule has 3 aromatic carbocycles. The third-order valence-corrected chi connectivity index (χ3v) is 6.23. The van der Waals surface area contributed by atoms with Gasteiger partial charge in [-0.25, -0.2) is 0 Å². The van der Waals surface area contributed by atoms with Crippen LogP contribution in [-0.2, 0) is 7.05 Å². The molecule has 0 radical (unpaired) electrons. The number of nitrogens with zero attached hydrogens (tertiary/aromatic N) is 3. The second kappa shape index (κ2) is 8.02. The first kappa shape index (κ1) is 21.0. The summed E-state index contributed by atoms with van der Waals surface area (Å²) in [5.74, 6) is 0.780. The van der Waals surface area contributed by atoms with E-state index in [2.05, 4.69) is 10.4 Å². The lowest BCUT2D eigenvalue weighted by molar-refractivity contribution is 0.102. The fraction of sp³-hybridized carbons (Fsp3) is 0.148. The summed E-state index contributed by atoms with van der Waals surface area (Å²) in [5, 5.41) is 8.80. The number of rotatable bonds is 3. The summed E-state index contributed by atoms with van der Waals surface area (Å²) >= 11 is 0. The number of anilines is 1. The van der Waals surface area contributed by atoms with Gasteiger partial charge in [0.05, 0.1) is 5.69 Å². The fourth-order valence-corrected chi connectivity index (χ4v) is 4.51. The number of aromatic nitrogens is 3. The van der Waals surface area contributed by atoms with E-state index < -0.39 is 5.91 Å². The number of nitrogens with one attached hydrogen (secondary N) is 1. The fourth-order valence-electron chi connectivity index (χ4n) is 4.51. The number of fused-ring (bicyclic) bond motifs is 4. The van der Waals surface area contributed by atoms with Crippen molar-refractivity contribution < 1.29 is 14.3 Å². The van der Waals surface area contributed by atoms with E-state index in [4.69, 9.17) is 9.47 Å². The van der Waals surface area contributed by atoms with Crippen LogP contribution in [0.4, 0.5) is 5.69 Å². The zero-order valence-electron chi connectivity index (χ0n) is 19.2. The molecule has 3 heterocycles. The Morgan fingerprint density at radius 3 is 2.51 bits per heavy atom. The van der Waals surface area contributed by atoms with Crippen molar-refractivity contribution in [2.24, 2.45) is 7.05 Å². The van der Waals surface area contributed by atoms with E-state index in [-0.39, 0.29) is 11.3 Å². The number of carbonyl (C=O) groups excluding carboxylic acids is 1. The molecule has 1 amide bonds. The summed E-state index contributed by atoms with van der Waals surface area (Å²) in [6.45, 7) is 2.91.